The number of benzene rings is 4. The highest BCUT2D eigenvalue weighted by Gasteiger charge is 2.31. The standard InChI is InChI=1S/C46H45F2N9O4/c1-55-41-25-28(4-7-36(41)43(54-55)37-9-11-42(58)50-46(37)60)3-2-14-56-15-17-57(18-16-56)34-6-8-35(40(27-34)49-33-12-19-61-20-13-33)45(59)51-44-38-24-29(5-10-39(38)52-53-44)21-30-22-31(47)26-32(48)23-30/h4-8,10,22-27,33,37,49H,9,11-21H2,1H3,(H,50,58,60)(H2,51,52,53,59). The first kappa shape index (κ1) is 39.8. The van der Waals surface area contributed by atoms with Crippen molar-refractivity contribution < 1.29 is 27.9 Å². The first-order valence-electron chi connectivity index (χ1n) is 20.6. The smallest absolute Gasteiger partial charge is 0.258 e. The summed E-state index contributed by atoms with van der Waals surface area (Å²) < 4.78 is 35.1. The first-order chi connectivity index (χ1) is 29.6. The molecule has 3 aliphatic heterocycles. The highest BCUT2D eigenvalue weighted by molar-refractivity contribution is 6.11. The number of carbonyl (C=O) groups is 3. The topological polar surface area (TPSA) is 150 Å². The average molecular weight is 826 g/mol. The van der Waals surface area contributed by atoms with E-state index in [4.69, 9.17) is 4.74 Å². The van der Waals surface area contributed by atoms with Crippen LogP contribution in [0.3, 0.4) is 0 Å². The fourth-order valence-corrected chi connectivity index (χ4v) is 8.49. The van der Waals surface area contributed by atoms with Gasteiger partial charge < -0.3 is 20.3 Å². The number of carbonyl (C=O) groups excluding carboxylic acids is 3. The third kappa shape index (κ3) is 8.82. The van der Waals surface area contributed by atoms with E-state index in [1.165, 1.54) is 12.1 Å². The zero-order chi connectivity index (χ0) is 42.0. The molecule has 0 saturated carbocycles. The van der Waals surface area contributed by atoms with E-state index in [1.54, 1.807) is 4.68 Å². The monoisotopic (exact) mass is 825 g/mol. The number of rotatable bonds is 9. The Bertz CT molecular complexity index is 2700. The number of hydrogen-bond donors (Lipinski definition) is 4. The molecule has 4 N–H and O–H groups in total. The van der Waals surface area contributed by atoms with Crippen LogP contribution in [0, 0.1) is 23.5 Å². The molecule has 4 aromatic carbocycles. The van der Waals surface area contributed by atoms with Crippen molar-refractivity contribution in [3.8, 4) is 11.8 Å². The zero-order valence-corrected chi connectivity index (χ0v) is 33.7. The molecule has 0 spiro atoms. The maximum Gasteiger partial charge on any atom is 0.258 e. The van der Waals surface area contributed by atoms with E-state index in [0.29, 0.717) is 67.0 Å². The zero-order valence-electron chi connectivity index (χ0n) is 33.7. The van der Waals surface area contributed by atoms with Crippen LogP contribution in [0.15, 0.2) is 72.8 Å². The van der Waals surface area contributed by atoms with Gasteiger partial charge in [-0.15, -0.1) is 0 Å². The lowest BCUT2D eigenvalue weighted by atomic mass is 9.92. The molecule has 61 heavy (non-hydrogen) atoms. The summed E-state index contributed by atoms with van der Waals surface area (Å²) in [5.74, 6) is 4.44. The van der Waals surface area contributed by atoms with Gasteiger partial charge in [-0.1, -0.05) is 17.9 Å². The second-order valence-corrected chi connectivity index (χ2v) is 15.9. The number of anilines is 3. The number of nitrogens with zero attached hydrogens (tertiary/aromatic N) is 5. The molecule has 0 bridgehead atoms. The number of hydrogen-bond acceptors (Lipinski definition) is 9. The number of piperidine rings is 1. The lowest BCUT2D eigenvalue weighted by molar-refractivity contribution is -0.134. The Hall–Kier alpha value is -6.63. The van der Waals surface area contributed by atoms with Crippen molar-refractivity contribution in [3.63, 3.8) is 0 Å². The number of nitrogens with one attached hydrogen (secondary N) is 4. The summed E-state index contributed by atoms with van der Waals surface area (Å²) in [7, 11) is 1.85. The highest BCUT2D eigenvalue weighted by atomic mass is 19.1. The Morgan fingerprint density at radius 1 is 0.902 bits per heavy atom. The number of amides is 3. The number of aromatic nitrogens is 4. The summed E-state index contributed by atoms with van der Waals surface area (Å²) >= 11 is 0. The minimum absolute atomic E-state index is 0.151. The van der Waals surface area contributed by atoms with Crippen LogP contribution in [0.4, 0.5) is 26.0 Å². The van der Waals surface area contributed by atoms with Gasteiger partial charge in [0.1, 0.15) is 11.6 Å². The molecule has 312 valence electrons. The summed E-state index contributed by atoms with van der Waals surface area (Å²) in [5, 5.41) is 22.7. The van der Waals surface area contributed by atoms with Gasteiger partial charge in [-0.3, -0.25) is 34.4 Å². The predicted octanol–water partition coefficient (Wildman–Crippen LogP) is 5.86. The van der Waals surface area contributed by atoms with Crippen molar-refractivity contribution in [1.29, 1.82) is 0 Å². The molecule has 13 nitrogen and oxygen atoms in total. The van der Waals surface area contributed by atoms with Crippen LogP contribution in [0.1, 0.15) is 64.3 Å². The Morgan fingerprint density at radius 2 is 1.70 bits per heavy atom. The lowest BCUT2D eigenvalue weighted by Gasteiger charge is -2.35. The molecule has 15 heteroatoms. The Balaban J connectivity index is 0.861. The van der Waals surface area contributed by atoms with Gasteiger partial charge >= 0.3 is 0 Å². The molecule has 3 saturated heterocycles. The van der Waals surface area contributed by atoms with Gasteiger partial charge in [0.2, 0.25) is 11.8 Å². The molecule has 1 unspecified atom stereocenters. The van der Waals surface area contributed by atoms with Gasteiger partial charge in [0.15, 0.2) is 5.82 Å². The van der Waals surface area contributed by atoms with E-state index in [1.807, 2.05) is 55.6 Å². The molecule has 3 fully saturated rings. The van der Waals surface area contributed by atoms with Crippen molar-refractivity contribution in [2.75, 3.05) is 61.5 Å². The van der Waals surface area contributed by atoms with Crippen LogP contribution in [0.2, 0.25) is 0 Å². The molecule has 3 amide bonds. The van der Waals surface area contributed by atoms with Crippen molar-refractivity contribution in [3.05, 3.63) is 112 Å². The summed E-state index contributed by atoms with van der Waals surface area (Å²) in [5.41, 5.74) is 6.72. The maximum atomic E-state index is 14.0. The molecule has 9 rings (SSSR count). The van der Waals surface area contributed by atoms with Crippen LogP contribution < -0.4 is 20.9 Å². The molecular formula is C46H45F2N9O4. The van der Waals surface area contributed by atoms with Crippen LogP contribution in [0.5, 0.6) is 0 Å². The molecule has 5 heterocycles. The van der Waals surface area contributed by atoms with Crippen molar-refractivity contribution in [2.24, 2.45) is 7.05 Å². The van der Waals surface area contributed by atoms with Gasteiger partial charge in [-0.25, -0.2) is 8.78 Å². The molecular weight excluding hydrogens is 781 g/mol. The van der Waals surface area contributed by atoms with Crippen molar-refractivity contribution in [1.82, 2.24) is 30.2 Å². The number of piperazine rings is 1. The fourth-order valence-electron chi connectivity index (χ4n) is 8.49. The number of ether oxygens (including phenoxy) is 1. The van der Waals surface area contributed by atoms with E-state index < -0.39 is 17.6 Å². The fraction of sp³-hybridized carbons (Fsp3) is 0.326. The third-order valence-corrected chi connectivity index (χ3v) is 11.7. The predicted molar refractivity (Wildman–Crippen MR) is 228 cm³/mol. The minimum Gasteiger partial charge on any atom is -0.381 e. The highest BCUT2D eigenvalue weighted by Crippen LogP contribution is 2.32. The quantitative estimate of drug-likeness (QED) is 0.104. The summed E-state index contributed by atoms with van der Waals surface area (Å²) in [6.45, 7) is 5.13. The molecule has 0 radical (unpaired) electrons. The average Bonchev–Trinajstić information content (AvgIpc) is 3.80. The van der Waals surface area contributed by atoms with E-state index in [-0.39, 0.29) is 23.8 Å². The number of imide groups is 1. The number of H-pyrrole nitrogens is 1. The van der Waals surface area contributed by atoms with E-state index in [0.717, 1.165) is 84.0 Å². The van der Waals surface area contributed by atoms with Gasteiger partial charge in [0.05, 0.1) is 34.8 Å². The van der Waals surface area contributed by atoms with Crippen molar-refractivity contribution >= 4 is 56.7 Å². The normalized spacial score (nSPS) is 17.6. The van der Waals surface area contributed by atoms with Gasteiger partial charge in [0, 0.05) is 92.7 Å². The summed E-state index contributed by atoms with van der Waals surface area (Å²) in [6, 6.07) is 21.0. The van der Waals surface area contributed by atoms with Gasteiger partial charge in [0.25, 0.3) is 5.91 Å². The summed E-state index contributed by atoms with van der Waals surface area (Å²) in [6.07, 6.45) is 2.71. The number of aromatic amines is 1. The minimum atomic E-state index is -0.629. The Morgan fingerprint density at radius 3 is 2.49 bits per heavy atom. The Kier molecular flexibility index (Phi) is 11.2. The van der Waals surface area contributed by atoms with E-state index >= 15 is 0 Å². The first-order valence-corrected chi connectivity index (χ1v) is 20.6. The van der Waals surface area contributed by atoms with Crippen LogP contribution >= 0.6 is 0 Å². The second-order valence-electron chi connectivity index (χ2n) is 15.9. The SMILES string of the molecule is Cn1nc(C2CCC(=O)NC2=O)c2ccc(C#CCN3CCN(c4ccc(C(=O)Nc5n[nH]c6ccc(Cc7cc(F)cc(F)c7)cc56)c(NC5CCOCC5)c4)CC3)cc21. The molecule has 6 aromatic rings. The Labute approximate surface area is 350 Å². The van der Waals surface area contributed by atoms with Crippen molar-refractivity contribution in [2.45, 2.75) is 44.1 Å². The van der Waals surface area contributed by atoms with Crippen LogP contribution in [0.25, 0.3) is 21.8 Å². The van der Waals surface area contributed by atoms with E-state index in [9.17, 15) is 23.2 Å². The molecule has 0 aliphatic carbocycles. The molecule has 2 aromatic heterocycles. The van der Waals surface area contributed by atoms with Gasteiger partial charge in [-0.2, -0.15) is 10.2 Å². The number of halogens is 2. The maximum absolute atomic E-state index is 14.0. The van der Waals surface area contributed by atoms with Gasteiger partial charge in [-0.05, 0) is 97.5 Å². The number of fused-ring (bicyclic) bond motifs is 2. The van der Waals surface area contributed by atoms with E-state index in [2.05, 4.69) is 59.0 Å². The number of aryl methyl sites for hydroxylation is 1. The third-order valence-electron chi connectivity index (χ3n) is 11.7. The second kappa shape index (κ2) is 17.2. The lowest BCUT2D eigenvalue weighted by Crippen LogP contribution is -2.46. The summed E-state index contributed by atoms with van der Waals surface area (Å²) in [4.78, 5) is 42.9. The largest absolute Gasteiger partial charge is 0.381 e. The molecule has 1 atom stereocenters. The van der Waals surface area contributed by atoms with Crippen LogP contribution in [-0.4, -0.2) is 94.6 Å². The van der Waals surface area contributed by atoms with Crippen LogP contribution in [-0.2, 0) is 27.8 Å². The molecule has 3 aliphatic rings.